The lowest BCUT2D eigenvalue weighted by molar-refractivity contribution is 0.397. The molecule has 2 aromatic rings. The summed E-state index contributed by atoms with van der Waals surface area (Å²) < 4.78 is 10.3. The van der Waals surface area contributed by atoms with Gasteiger partial charge in [0.15, 0.2) is 0 Å². The molecule has 4 nitrogen and oxygen atoms in total. The molecule has 0 spiro atoms. The second-order valence-electron chi connectivity index (χ2n) is 2.84. The van der Waals surface area contributed by atoms with Crippen LogP contribution in [0, 0.1) is 6.92 Å². The predicted octanol–water partition coefficient (Wildman–Crippen LogP) is 2.05. The molecule has 4 heteroatoms. The van der Waals surface area contributed by atoms with Crippen molar-refractivity contribution in [2.75, 3.05) is 7.11 Å². The Morgan fingerprint density at radius 2 is 2.21 bits per heavy atom. The molecule has 0 aromatic carbocycles. The zero-order chi connectivity index (χ0) is 9.97. The van der Waals surface area contributed by atoms with Crippen LogP contribution in [0.25, 0.3) is 11.6 Å². The highest BCUT2D eigenvalue weighted by molar-refractivity contribution is 5.47. The first-order valence-electron chi connectivity index (χ1n) is 4.23. The van der Waals surface area contributed by atoms with Gasteiger partial charge in [-0.2, -0.15) is 0 Å². The third-order valence-electron chi connectivity index (χ3n) is 1.77. The lowest BCUT2D eigenvalue weighted by atomic mass is 10.3. The summed E-state index contributed by atoms with van der Waals surface area (Å²) in [6.45, 7) is 1.84. The molecule has 0 saturated heterocycles. The maximum absolute atomic E-state index is 5.34. The maximum Gasteiger partial charge on any atom is 0.245 e. The van der Waals surface area contributed by atoms with E-state index in [1.807, 2.05) is 19.1 Å². The van der Waals surface area contributed by atoms with Gasteiger partial charge in [0.1, 0.15) is 11.5 Å². The van der Waals surface area contributed by atoms with Gasteiger partial charge in [0.05, 0.1) is 13.3 Å². The Bertz CT molecular complexity index is 437. The van der Waals surface area contributed by atoms with Crippen LogP contribution >= 0.6 is 0 Å². The topological polar surface area (TPSA) is 48.2 Å². The monoisotopic (exact) mass is 190 g/mol. The minimum atomic E-state index is 0.515. The fourth-order valence-electron chi connectivity index (χ4n) is 1.12. The minimum Gasteiger partial charge on any atom is -0.481 e. The molecule has 14 heavy (non-hydrogen) atoms. The van der Waals surface area contributed by atoms with Gasteiger partial charge in [0, 0.05) is 6.07 Å². The van der Waals surface area contributed by atoms with E-state index in [2.05, 4.69) is 9.97 Å². The molecule has 0 aliphatic carbocycles. The van der Waals surface area contributed by atoms with Crippen LogP contribution in [0.1, 0.15) is 5.76 Å². The van der Waals surface area contributed by atoms with Crippen LogP contribution in [-0.2, 0) is 0 Å². The van der Waals surface area contributed by atoms with E-state index in [4.69, 9.17) is 9.15 Å². The number of pyridine rings is 1. The molecular weight excluding hydrogens is 180 g/mol. The van der Waals surface area contributed by atoms with Gasteiger partial charge in [-0.25, -0.2) is 9.97 Å². The number of hydrogen-bond acceptors (Lipinski definition) is 4. The van der Waals surface area contributed by atoms with E-state index in [-0.39, 0.29) is 0 Å². The summed E-state index contributed by atoms with van der Waals surface area (Å²) >= 11 is 0. The first-order chi connectivity index (χ1) is 6.79. The maximum atomic E-state index is 5.34. The molecule has 0 unspecified atom stereocenters. The fourth-order valence-corrected chi connectivity index (χ4v) is 1.12. The number of hydrogen-bond donors (Lipinski definition) is 0. The first-order valence-corrected chi connectivity index (χ1v) is 4.23. The van der Waals surface area contributed by atoms with Crippen molar-refractivity contribution in [2.24, 2.45) is 0 Å². The van der Waals surface area contributed by atoms with Crippen molar-refractivity contribution in [3.8, 4) is 17.5 Å². The Balaban J connectivity index is 2.41. The molecule has 0 fully saturated rings. The van der Waals surface area contributed by atoms with Gasteiger partial charge >= 0.3 is 0 Å². The van der Waals surface area contributed by atoms with Crippen molar-refractivity contribution in [2.45, 2.75) is 6.92 Å². The standard InChI is InChI=1S/C10H10N2O2/c1-7-6-11-10(14-7)8-4-3-5-9(12-8)13-2/h3-6H,1-2H3. The van der Waals surface area contributed by atoms with Crippen LogP contribution < -0.4 is 4.74 Å². The Kier molecular flexibility index (Phi) is 2.18. The summed E-state index contributed by atoms with van der Waals surface area (Å²) in [7, 11) is 1.58. The van der Waals surface area contributed by atoms with E-state index in [9.17, 15) is 0 Å². The second-order valence-corrected chi connectivity index (χ2v) is 2.84. The van der Waals surface area contributed by atoms with E-state index in [0.717, 1.165) is 5.76 Å². The van der Waals surface area contributed by atoms with Gasteiger partial charge < -0.3 is 9.15 Å². The van der Waals surface area contributed by atoms with Crippen LogP contribution in [0.2, 0.25) is 0 Å². The van der Waals surface area contributed by atoms with Gasteiger partial charge in [-0.3, -0.25) is 0 Å². The number of aryl methyl sites for hydroxylation is 1. The van der Waals surface area contributed by atoms with E-state index in [1.165, 1.54) is 0 Å². The summed E-state index contributed by atoms with van der Waals surface area (Å²) in [6.07, 6.45) is 1.66. The van der Waals surface area contributed by atoms with Gasteiger partial charge in [-0.15, -0.1) is 0 Å². The van der Waals surface area contributed by atoms with Crippen LogP contribution in [-0.4, -0.2) is 17.1 Å². The molecule has 0 radical (unpaired) electrons. The predicted molar refractivity (Wildman–Crippen MR) is 51.0 cm³/mol. The summed E-state index contributed by atoms with van der Waals surface area (Å²) in [5.41, 5.74) is 0.678. The average Bonchev–Trinajstić information content (AvgIpc) is 2.65. The van der Waals surface area contributed by atoms with Gasteiger partial charge in [-0.05, 0) is 13.0 Å². The van der Waals surface area contributed by atoms with Crippen LogP contribution in [0.4, 0.5) is 0 Å². The number of methoxy groups -OCH3 is 1. The third-order valence-corrected chi connectivity index (χ3v) is 1.77. The number of aromatic nitrogens is 2. The molecule has 0 saturated carbocycles. The normalized spacial score (nSPS) is 10.1. The Morgan fingerprint density at radius 1 is 1.36 bits per heavy atom. The lowest BCUT2D eigenvalue weighted by Crippen LogP contribution is -1.89. The largest absolute Gasteiger partial charge is 0.481 e. The summed E-state index contributed by atoms with van der Waals surface area (Å²) in [5, 5.41) is 0. The van der Waals surface area contributed by atoms with Crippen LogP contribution in [0.5, 0.6) is 5.88 Å². The number of ether oxygens (including phenoxy) is 1. The van der Waals surface area contributed by atoms with Crippen molar-refractivity contribution >= 4 is 0 Å². The molecule has 2 aromatic heterocycles. The zero-order valence-corrected chi connectivity index (χ0v) is 8.02. The molecule has 2 heterocycles. The molecular formula is C10H10N2O2. The highest BCUT2D eigenvalue weighted by Gasteiger charge is 2.06. The fraction of sp³-hybridized carbons (Fsp3) is 0.200. The first kappa shape index (κ1) is 8.74. The van der Waals surface area contributed by atoms with E-state index in [0.29, 0.717) is 17.5 Å². The Labute approximate surface area is 81.6 Å². The highest BCUT2D eigenvalue weighted by Crippen LogP contribution is 2.18. The second kappa shape index (κ2) is 3.49. The average molecular weight is 190 g/mol. The van der Waals surface area contributed by atoms with Gasteiger partial charge in [-0.1, -0.05) is 6.07 Å². The number of rotatable bonds is 2. The Hall–Kier alpha value is -1.84. The summed E-state index contributed by atoms with van der Waals surface area (Å²) in [4.78, 5) is 8.27. The number of nitrogens with zero attached hydrogens (tertiary/aromatic N) is 2. The lowest BCUT2D eigenvalue weighted by Gasteiger charge is -1.99. The molecule has 2 rings (SSSR count). The molecule has 0 aliphatic rings. The van der Waals surface area contributed by atoms with Gasteiger partial charge in [0.25, 0.3) is 0 Å². The molecule has 0 aliphatic heterocycles. The van der Waals surface area contributed by atoms with Crippen LogP contribution in [0.15, 0.2) is 28.8 Å². The summed E-state index contributed by atoms with van der Waals surface area (Å²) in [6, 6.07) is 5.45. The molecule has 0 N–H and O–H groups in total. The molecule has 0 atom stereocenters. The highest BCUT2D eigenvalue weighted by atomic mass is 16.5. The van der Waals surface area contributed by atoms with E-state index in [1.54, 1.807) is 19.4 Å². The summed E-state index contributed by atoms with van der Waals surface area (Å²) in [5.74, 6) is 1.84. The van der Waals surface area contributed by atoms with E-state index < -0.39 is 0 Å². The molecule has 0 amide bonds. The van der Waals surface area contributed by atoms with Crippen molar-refractivity contribution in [3.63, 3.8) is 0 Å². The van der Waals surface area contributed by atoms with Crippen molar-refractivity contribution < 1.29 is 9.15 Å². The number of oxazole rings is 1. The van der Waals surface area contributed by atoms with Crippen LogP contribution in [0.3, 0.4) is 0 Å². The van der Waals surface area contributed by atoms with Crippen molar-refractivity contribution in [1.29, 1.82) is 0 Å². The zero-order valence-electron chi connectivity index (χ0n) is 8.02. The smallest absolute Gasteiger partial charge is 0.245 e. The third kappa shape index (κ3) is 1.59. The molecule has 72 valence electrons. The SMILES string of the molecule is COc1cccc(-c2ncc(C)o2)n1. The van der Waals surface area contributed by atoms with Gasteiger partial charge in [0.2, 0.25) is 11.8 Å². The molecule has 0 bridgehead atoms. The van der Waals surface area contributed by atoms with E-state index >= 15 is 0 Å². The Morgan fingerprint density at radius 3 is 2.86 bits per heavy atom. The quantitative estimate of drug-likeness (QED) is 0.727. The van der Waals surface area contributed by atoms with Crippen molar-refractivity contribution in [3.05, 3.63) is 30.2 Å². The minimum absolute atomic E-state index is 0.515. The van der Waals surface area contributed by atoms with Crippen molar-refractivity contribution in [1.82, 2.24) is 9.97 Å².